The maximum atomic E-state index is 5.12. The van der Waals surface area contributed by atoms with Crippen molar-refractivity contribution >= 4 is 29.8 Å². The zero-order chi connectivity index (χ0) is 11.5. The van der Waals surface area contributed by atoms with E-state index in [2.05, 4.69) is 29.1 Å². The molecule has 0 radical (unpaired) electrons. The van der Waals surface area contributed by atoms with Crippen LogP contribution in [0.3, 0.4) is 0 Å². The summed E-state index contributed by atoms with van der Waals surface area (Å²) < 4.78 is 2.19. The molecule has 0 saturated carbocycles. The summed E-state index contributed by atoms with van der Waals surface area (Å²) >= 11 is 6.76. The van der Waals surface area contributed by atoms with Crippen LogP contribution in [0, 0.1) is 4.77 Å². The first kappa shape index (κ1) is 11.2. The van der Waals surface area contributed by atoms with E-state index in [-0.39, 0.29) is 5.92 Å². The molecule has 2 aromatic heterocycles. The molecule has 0 spiro atoms. The maximum Gasteiger partial charge on any atom is 0.216 e. The maximum absolute atomic E-state index is 5.12. The fourth-order valence-electron chi connectivity index (χ4n) is 1.27. The highest BCUT2D eigenvalue weighted by atomic mass is 32.1. The van der Waals surface area contributed by atoms with E-state index in [1.165, 1.54) is 0 Å². The molecule has 0 aliphatic carbocycles. The number of rotatable bonds is 3. The normalized spacial score (nSPS) is 11.7. The summed E-state index contributed by atoms with van der Waals surface area (Å²) in [5, 5.41) is 13.3. The lowest BCUT2D eigenvalue weighted by molar-refractivity contribution is 0.695. The molecule has 1 N–H and O–H groups in total. The van der Waals surface area contributed by atoms with Crippen molar-refractivity contribution in [2.45, 2.75) is 19.8 Å². The molecule has 0 aliphatic rings. The van der Waals surface area contributed by atoms with Gasteiger partial charge in [-0.2, -0.15) is 14.9 Å². The van der Waals surface area contributed by atoms with Crippen molar-refractivity contribution in [3.05, 3.63) is 33.0 Å². The van der Waals surface area contributed by atoms with Crippen LogP contribution in [0.15, 0.2) is 22.6 Å². The van der Waals surface area contributed by atoms with Gasteiger partial charge in [0.25, 0.3) is 0 Å². The number of nitrogens with zero attached hydrogens (tertiary/aromatic N) is 3. The Kier molecular flexibility index (Phi) is 3.31. The van der Waals surface area contributed by atoms with Gasteiger partial charge in [-0.05, 0) is 23.7 Å². The Labute approximate surface area is 103 Å². The molecule has 0 saturated heterocycles. The van der Waals surface area contributed by atoms with E-state index in [0.29, 0.717) is 4.77 Å². The summed E-state index contributed by atoms with van der Waals surface area (Å²) in [7, 11) is 0. The molecule has 2 aromatic rings. The number of hydrogen-bond acceptors (Lipinski definition) is 4. The van der Waals surface area contributed by atoms with E-state index in [0.717, 1.165) is 10.7 Å². The van der Waals surface area contributed by atoms with Crippen LogP contribution in [0.1, 0.15) is 30.5 Å². The number of aromatic amines is 1. The molecule has 0 fully saturated rings. The second-order valence-electron chi connectivity index (χ2n) is 3.61. The molecule has 0 aromatic carbocycles. The van der Waals surface area contributed by atoms with Crippen molar-refractivity contribution in [3.8, 4) is 0 Å². The number of hydrogen-bond donors (Lipinski definition) is 1. The van der Waals surface area contributed by atoms with Crippen LogP contribution in [0.2, 0.25) is 0 Å². The van der Waals surface area contributed by atoms with Crippen molar-refractivity contribution in [1.82, 2.24) is 14.9 Å². The van der Waals surface area contributed by atoms with E-state index in [1.807, 2.05) is 17.5 Å². The zero-order valence-corrected chi connectivity index (χ0v) is 10.7. The van der Waals surface area contributed by atoms with Crippen LogP contribution < -0.4 is 0 Å². The monoisotopic (exact) mass is 252 g/mol. The zero-order valence-electron chi connectivity index (χ0n) is 9.04. The fraction of sp³-hybridized carbons (Fsp3) is 0.300. The third-order valence-electron chi connectivity index (χ3n) is 2.04. The molecule has 6 heteroatoms. The molecule has 0 aliphatic heterocycles. The Hall–Kier alpha value is -1.27. The first-order valence-corrected chi connectivity index (χ1v) is 6.22. The van der Waals surface area contributed by atoms with Crippen molar-refractivity contribution in [1.29, 1.82) is 0 Å². The first-order valence-electron chi connectivity index (χ1n) is 4.93. The van der Waals surface area contributed by atoms with Crippen LogP contribution in [0.25, 0.3) is 0 Å². The van der Waals surface area contributed by atoms with Gasteiger partial charge in [0.1, 0.15) is 0 Å². The van der Waals surface area contributed by atoms with E-state index in [4.69, 9.17) is 12.2 Å². The molecule has 0 amide bonds. The number of nitrogens with one attached hydrogen (secondary N) is 1. The fourth-order valence-corrected chi connectivity index (χ4v) is 2.03. The highest BCUT2D eigenvalue weighted by Gasteiger charge is 2.08. The van der Waals surface area contributed by atoms with Gasteiger partial charge in [-0.25, -0.2) is 0 Å². The van der Waals surface area contributed by atoms with Gasteiger partial charge in [0.05, 0.1) is 6.21 Å². The summed E-state index contributed by atoms with van der Waals surface area (Å²) in [5.41, 5.74) is 0. The molecule has 84 valence electrons. The van der Waals surface area contributed by atoms with E-state index < -0.39 is 0 Å². The van der Waals surface area contributed by atoms with Gasteiger partial charge in [0, 0.05) is 10.8 Å². The van der Waals surface area contributed by atoms with Gasteiger partial charge in [0.2, 0.25) is 4.77 Å². The highest BCUT2D eigenvalue weighted by molar-refractivity contribution is 7.71. The van der Waals surface area contributed by atoms with Crippen molar-refractivity contribution < 1.29 is 0 Å². The number of aromatic nitrogens is 3. The van der Waals surface area contributed by atoms with Crippen LogP contribution in [0.5, 0.6) is 0 Å². The Morgan fingerprint density at radius 2 is 2.44 bits per heavy atom. The van der Waals surface area contributed by atoms with Crippen LogP contribution in [-0.2, 0) is 0 Å². The summed E-state index contributed by atoms with van der Waals surface area (Å²) in [6.45, 7) is 4.12. The van der Waals surface area contributed by atoms with Crippen LogP contribution in [0.4, 0.5) is 0 Å². The lowest BCUT2D eigenvalue weighted by Gasteiger charge is -2.02. The predicted octanol–water partition coefficient (Wildman–Crippen LogP) is 3.01. The molecule has 2 rings (SSSR count). The lowest BCUT2D eigenvalue weighted by Crippen LogP contribution is -2.00. The van der Waals surface area contributed by atoms with Gasteiger partial charge in [-0.3, -0.25) is 5.10 Å². The van der Waals surface area contributed by atoms with E-state index >= 15 is 0 Å². The van der Waals surface area contributed by atoms with Gasteiger partial charge in [-0.1, -0.05) is 19.9 Å². The molecule has 0 unspecified atom stereocenters. The highest BCUT2D eigenvalue weighted by Crippen LogP contribution is 2.12. The average molecular weight is 252 g/mol. The molecule has 2 heterocycles. The third-order valence-corrected chi connectivity index (χ3v) is 3.11. The molecule has 0 atom stereocenters. The van der Waals surface area contributed by atoms with Crippen molar-refractivity contribution in [3.63, 3.8) is 0 Å². The Bertz CT molecular complexity index is 533. The Balaban J connectivity index is 2.34. The summed E-state index contributed by atoms with van der Waals surface area (Å²) in [6.07, 6.45) is 1.79. The van der Waals surface area contributed by atoms with Gasteiger partial charge < -0.3 is 0 Å². The number of thiophene rings is 1. The van der Waals surface area contributed by atoms with E-state index in [1.54, 1.807) is 22.2 Å². The molecular formula is C10H12N4S2. The van der Waals surface area contributed by atoms with Gasteiger partial charge >= 0.3 is 0 Å². The standard InChI is InChI=1S/C10H12N4S2/c1-7(2)9-12-13-10(15)14(9)11-6-8-4-3-5-16-8/h3-7H,1-2H3,(H,13,15)/b11-6+. The predicted molar refractivity (Wildman–Crippen MR) is 68.8 cm³/mol. The summed E-state index contributed by atoms with van der Waals surface area (Å²) in [4.78, 5) is 1.10. The summed E-state index contributed by atoms with van der Waals surface area (Å²) in [5.74, 6) is 1.13. The van der Waals surface area contributed by atoms with Gasteiger partial charge in [0.15, 0.2) is 5.82 Å². The molecular weight excluding hydrogens is 240 g/mol. The van der Waals surface area contributed by atoms with Crippen molar-refractivity contribution in [2.75, 3.05) is 0 Å². The van der Waals surface area contributed by atoms with Crippen molar-refractivity contribution in [2.24, 2.45) is 5.10 Å². The number of H-pyrrole nitrogens is 1. The quantitative estimate of drug-likeness (QED) is 0.674. The summed E-state index contributed by atoms with van der Waals surface area (Å²) in [6, 6.07) is 4.00. The minimum Gasteiger partial charge on any atom is -0.250 e. The smallest absolute Gasteiger partial charge is 0.216 e. The van der Waals surface area contributed by atoms with Crippen LogP contribution >= 0.6 is 23.6 Å². The first-order chi connectivity index (χ1) is 7.68. The molecule has 16 heavy (non-hydrogen) atoms. The third kappa shape index (κ3) is 2.28. The van der Waals surface area contributed by atoms with Crippen LogP contribution in [-0.4, -0.2) is 21.1 Å². The SMILES string of the molecule is CC(C)c1n[nH]c(=S)n1/N=C/c1cccs1. The van der Waals surface area contributed by atoms with Gasteiger partial charge in [-0.15, -0.1) is 11.3 Å². The Morgan fingerprint density at radius 3 is 3.06 bits per heavy atom. The topological polar surface area (TPSA) is 46.0 Å². The minimum atomic E-state index is 0.286. The largest absolute Gasteiger partial charge is 0.250 e. The Morgan fingerprint density at radius 1 is 1.62 bits per heavy atom. The molecule has 4 nitrogen and oxygen atoms in total. The average Bonchev–Trinajstić information content (AvgIpc) is 2.84. The minimum absolute atomic E-state index is 0.286. The lowest BCUT2D eigenvalue weighted by atomic mass is 10.2. The second-order valence-corrected chi connectivity index (χ2v) is 4.98. The van der Waals surface area contributed by atoms with E-state index in [9.17, 15) is 0 Å². The molecule has 0 bridgehead atoms. The second kappa shape index (κ2) is 4.71.